The van der Waals surface area contributed by atoms with E-state index in [4.69, 9.17) is 9.47 Å². The van der Waals surface area contributed by atoms with Gasteiger partial charge < -0.3 is 19.3 Å². The summed E-state index contributed by atoms with van der Waals surface area (Å²) in [4.78, 5) is 12.8. The van der Waals surface area contributed by atoms with E-state index in [1.54, 1.807) is 0 Å². The molecule has 0 spiro atoms. The first-order valence-corrected chi connectivity index (χ1v) is 8.68. The van der Waals surface area contributed by atoms with Crippen LogP contribution in [0.2, 0.25) is 0 Å². The number of carboxylic acids is 1. The molecule has 0 bridgehead atoms. The SMILES string of the molecule is O=C(O)c1c(NSc2ccccc2)ccc2c1OCC1OCCC21. The van der Waals surface area contributed by atoms with Crippen LogP contribution in [0.25, 0.3) is 0 Å². The predicted octanol–water partition coefficient (Wildman–Crippen LogP) is 3.77. The van der Waals surface area contributed by atoms with Gasteiger partial charge in [-0.15, -0.1) is 0 Å². The van der Waals surface area contributed by atoms with E-state index in [1.165, 1.54) is 11.9 Å². The van der Waals surface area contributed by atoms with Crippen molar-refractivity contribution in [2.45, 2.75) is 23.3 Å². The van der Waals surface area contributed by atoms with Gasteiger partial charge >= 0.3 is 5.97 Å². The number of carbonyl (C=O) groups is 1. The Hall–Kier alpha value is -2.18. The average molecular weight is 343 g/mol. The third-order valence-electron chi connectivity index (χ3n) is 4.43. The van der Waals surface area contributed by atoms with Crippen molar-refractivity contribution < 1.29 is 19.4 Å². The van der Waals surface area contributed by atoms with Gasteiger partial charge in [0.05, 0.1) is 11.8 Å². The molecule has 0 aliphatic carbocycles. The standard InChI is InChI=1S/C18H17NO4S/c20-18(21)16-14(19-24-11-4-2-1-3-5-11)7-6-13-12-8-9-22-15(12)10-23-17(13)16/h1-7,12,15,19H,8-10H2,(H,20,21). The van der Waals surface area contributed by atoms with Crippen molar-refractivity contribution in [1.82, 2.24) is 0 Å². The lowest BCUT2D eigenvalue weighted by Gasteiger charge is -2.29. The normalized spacial score (nSPS) is 21.5. The largest absolute Gasteiger partial charge is 0.490 e. The quantitative estimate of drug-likeness (QED) is 0.824. The van der Waals surface area contributed by atoms with Crippen LogP contribution in [-0.4, -0.2) is 30.4 Å². The monoisotopic (exact) mass is 343 g/mol. The number of aromatic carboxylic acids is 1. The summed E-state index contributed by atoms with van der Waals surface area (Å²) in [6, 6.07) is 13.5. The molecular formula is C18H17NO4S. The molecule has 2 unspecified atom stereocenters. The molecule has 2 aromatic rings. The summed E-state index contributed by atoms with van der Waals surface area (Å²) < 4.78 is 14.6. The minimum atomic E-state index is -0.986. The van der Waals surface area contributed by atoms with Gasteiger partial charge in [0.1, 0.15) is 17.9 Å². The van der Waals surface area contributed by atoms with E-state index in [0.29, 0.717) is 24.7 Å². The zero-order valence-corrected chi connectivity index (χ0v) is 13.7. The van der Waals surface area contributed by atoms with E-state index in [9.17, 15) is 9.90 Å². The van der Waals surface area contributed by atoms with Crippen molar-refractivity contribution in [2.75, 3.05) is 17.9 Å². The van der Waals surface area contributed by atoms with Crippen LogP contribution in [0, 0.1) is 0 Å². The Bertz CT molecular complexity index is 765. The first-order valence-electron chi connectivity index (χ1n) is 7.86. The summed E-state index contributed by atoms with van der Waals surface area (Å²) >= 11 is 1.38. The number of benzene rings is 2. The predicted molar refractivity (Wildman–Crippen MR) is 91.9 cm³/mol. The lowest BCUT2D eigenvalue weighted by Crippen LogP contribution is -2.29. The third kappa shape index (κ3) is 2.72. The molecule has 2 N–H and O–H groups in total. The average Bonchev–Trinajstić information content (AvgIpc) is 3.09. The summed E-state index contributed by atoms with van der Waals surface area (Å²) in [6.07, 6.45) is 0.947. The van der Waals surface area contributed by atoms with Gasteiger partial charge in [-0.25, -0.2) is 4.79 Å². The minimum Gasteiger partial charge on any atom is -0.490 e. The van der Waals surface area contributed by atoms with Gasteiger partial charge in [0.2, 0.25) is 0 Å². The maximum Gasteiger partial charge on any atom is 0.341 e. The summed E-state index contributed by atoms with van der Waals surface area (Å²) in [5.74, 6) is -0.282. The Balaban J connectivity index is 1.67. The lowest BCUT2D eigenvalue weighted by molar-refractivity contribution is 0.0484. The number of hydrogen-bond donors (Lipinski definition) is 2. The Morgan fingerprint density at radius 1 is 1.21 bits per heavy atom. The van der Waals surface area contributed by atoms with Crippen molar-refractivity contribution in [2.24, 2.45) is 0 Å². The molecule has 0 saturated carbocycles. The van der Waals surface area contributed by atoms with Crippen LogP contribution in [0.5, 0.6) is 5.75 Å². The summed E-state index contributed by atoms with van der Waals surface area (Å²) in [6.45, 7) is 1.11. The van der Waals surface area contributed by atoms with Gasteiger partial charge in [-0.1, -0.05) is 24.3 Å². The number of carboxylic acid groups (broad SMARTS) is 1. The summed E-state index contributed by atoms with van der Waals surface area (Å²) in [5, 5.41) is 9.70. The third-order valence-corrected chi connectivity index (χ3v) is 5.25. The first-order chi connectivity index (χ1) is 11.7. The van der Waals surface area contributed by atoms with Gasteiger partial charge in [0.25, 0.3) is 0 Å². The van der Waals surface area contributed by atoms with Gasteiger partial charge in [-0.2, -0.15) is 0 Å². The van der Waals surface area contributed by atoms with Crippen molar-refractivity contribution in [3.8, 4) is 5.75 Å². The Morgan fingerprint density at radius 3 is 2.83 bits per heavy atom. The highest BCUT2D eigenvalue weighted by Crippen LogP contribution is 2.44. The Kier molecular flexibility index (Phi) is 4.08. The molecule has 0 amide bonds. The van der Waals surface area contributed by atoms with Crippen molar-refractivity contribution in [3.63, 3.8) is 0 Å². The maximum absolute atomic E-state index is 11.8. The molecule has 6 heteroatoms. The minimum absolute atomic E-state index is 0.0386. The highest BCUT2D eigenvalue weighted by molar-refractivity contribution is 8.00. The molecule has 5 nitrogen and oxygen atoms in total. The van der Waals surface area contributed by atoms with E-state index in [0.717, 1.165) is 16.9 Å². The number of fused-ring (bicyclic) bond motifs is 3. The van der Waals surface area contributed by atoms with Crippen molar-refractivity contribution >= 4 is 23.6 Å². The second kappa shape index (κ2) is 6.37. The summed E-state index contributed by atoms with van der Waals surface area (Å²) in [5.41, 5.74) is 1.69. The van der Waals surface area contributed by atoms with Gasteiger partial charge in [0.15, 0.2) is 0 Å². The smallest absolute Gasteiger partial charge is 0.341 e. The van der Waals surface area contributed by atoms with Crippen LogP contribution in [0.15, 0.2) is 47.4 Å². The molecule has 1 fully saturated rings. The number of hydrogen-bond acceptors (Lipinski definition) is 5. The molecule has 24 heavy (non-hydrogen) atoms. The van der Waals surface area contributed by atoms with Crippen LogP contribution in [-0.2, 0) is 4.74 Å². The van der Waals surface area contributed by atoms with E-state index in [2.05, 4.69) is 4.72 Å². The molecule has 2 aromatic carbocycles. The van der Waals surface area contributed by atoms with E-state index in [1.807, 2.05) is 42.5 Å². The molecule has 2 atom stereocenters. The first kappa shape index (κ1) is 15.4. The maximum atomic E-state index is 11.8. The summed E-state index contributed by atoms with van der Waals surface area (Å²) in [7, 11) is 0. The van der Waals surface area contributed by atoms with Gasteiger partial charge in [0, 0.05) is 23.0 Å². The molecule has 124 valence electrons. The highest BCUT2D eigenvalue weighted by Gasteiger charge is 2.38. The zero-order chi connectivity index (χ0) is 16.5. The van der Waals surface area contributed by atoms with Crippen molar-refractivity contribution in [1.29, 1.82) is 0 Å². The highest BCUT2D eigenvalue weighted by atomic mass is 32.2. The molecule has 2 aliphatic rings. The van der Waals surface area contributed by atoms with Gasteiger partial charge in [-0.05, 0) is 36.6 Å². The van der Waals surface area contributed by atoms with Crippen LogP contribution in [0.4, 0.5) is 5.69 Å². The number of ether oxygens (including phenoxy) is 2. The molecule has 0 aromatic heterocycles. The molecule has 2 heterocycles. The topological polar surface area (TPSA) is 67.8 Å². The van der Waals surface area contributed by atoms with E-state index in [-0.39, 0.29) is 17.6 Å². The second-order valence-electron chi connectivity index (χ2n) is 5.84. The molecule has 0 radical (unpaired) electrons. The van der Waals surface area contributed by atoms with Gasteiger partial charge in [-0.3, -0.25) is 0 Å². The Morgan fingerprint density at radius 2 is 2.04 bits per heavy atom. The lowest BCUT2D eigenvalue weighted by atomic mass is 9.88. The van der Waals surface area contributed by atoms with E-state index < -0.39 is 5.97 Å². The number of anilines is 1. The fourth-order valence-corrected chi connectivity index (χ4v) is 3.97. The van der Waals surface area contributed by atoms with E-state index >= 15 is 0 Å². The van der Waals surface area contributed by atoms with Crippen LogP contribution in [0.3, 0.4) is 0 Å². The fraction of sp³-hybridized carbons (Fsp3) is 0.278. The molecular weight excluding hydrogens is 326 g/mol. The van der Waals surface area contributed by atoms with Crippen LogP contribution < -0.4 is 9.46 Å². The fourth-order valence-electron chi connectivity index (χ4n) is 3.28. The Labute approximate surface area is 144 Å². The number of nitrogens with one attached hydrogen (secondary N) is 1. The molecule has 2 aliphatic heterocycles. The second-order valence-corrected chi connectivity index (χ2v) is 6.72. The van der Waals surface area contributed by atoms with Crippen LogP contribution >= 0.6 is 11.9 Å². The van der Waals surface area contributed by atoms with Crippen LogP contribution in [0.1, 0.15) is 28.3 Å². The molecule has 4 rings (SSSR count). The molecule has 1 saturated heterocycles. The van der Waals surface area contributed by atoms with Crippen molar-refractivity contribution in [3.05, 3.63) is 53.6 Å². The zero-order valence-electron chi connectivity index (χ0n) is 12.9. The number of rotatable bonds is 4.